The van der Waals surface area contributed by atoms with Crippen molar-refractivity contribution in [1.82, 2.24) is 10.2 Å². The molecule has 0 bridgehead atoms. The first-order valence-corrected chi connectivity index (χ1v) is 11.3. The standard InChI is InChI=1S/C28H32N2O3/c1-22-11-9-14-24(19-22)21-30(26(28(32)29-2)20-23-12-5-3-6-13-23)27(31)17-10-18-33-25-15-7-4-8-16-25/h3-9,11-16,19,26H,10,17-18,20-21H2,1-2H3,(H,29,32)/t26-/m0/s1. The number of nitrogens with one attached hydrogen (secondary N) is 1. The Bertz CT molecular complexity index is 1020. The lowest BCUT2D eigenvalue weighted by Gasteiger charge is -2.31. The molecule has 1 atom stereocenters. The van der Waals surface area contributed by atoms with Gasteiger partial charge in [0.15, 0.2) is 0 Å². The minimum atomic E-state index is -0.597. The Hall–Kier alpha value is -3.60. The van der Waals surface area contributed by atoms with E-state index in [1.54, 1.807) is 11.9 Å². The third-order valence-corrected chi connectivity index (χ3v) is 5.50. The summed E-state index contributed by atoms with van der Waals surface area (Å²) in [6, 6.07) is 26.8. The molecule has 5 nitrogen and oxygen atoms in total. The van der Waals surface area contributed by atoms with Gasteiger partial charge in [0.2, 0.25) is 11.8 Å². The van der Waals surface area contributed by atoms with Crippen molar-refractivity contribution in [2.24, 2.45) is 0 Å². The number of carbonyl (C=O) groups excluding carboxylic acids is 2. The van der Waals surface area contributed by atoms with Crippen molar-refractivity contribution in [2.75, 3.05) is 13.7 Å². The zero-order chi connectivity index (χ0) is 23.5. The highest BCUT2D eigenvalue weighted by molar-refractivity contribution is 5.87. The molecule has 0 radical (unpaired) electrons. The largest absolute Gasteiger partial charge is 0.494 e. The summed E-state index contributed by atoms with van der Waals surface area (Å²) < 4.78 is 5.74. The molecule has 0 aliphatic heterocycles. The summed E-state index contributed by atoms with van der Waals surface area (Å²) in [6.07, 6.45) is 1.34. The van der Waals surface area contributed by atoms with E-state index in [9.17, 15) is 9.59 Å². The Morgan fingerprint density at radius 3 is 2.24 bits per heavy atom. The number of aryl methyl sites for hydroxylation is 1. The summed E-state index contributed by atoms with van der Waals surface area (Å²) in [6.45, 7) is 2.85. The average molecular weight is 445 g/mol. The molecular formula is C28H32N2O3. The number of hydrogen-bond acceptors (Lipinski definition) is 3. The number of nitrogens with zero attached hydrogens (tertiary/aromatic N) is 1. The lowest BCUT2D eigenvalue weighted by molar-refractivity contribution is -0.141. The van der Waals surface area contributed by atoms with E-state index in [0.717, 1.165) is 22.4 Å². The van der Waals surface area contributed by atoms with Gasteiger partial charge in [-0.15, -0.1) is 0 Å². The molecule has 0 aromatic heterocycles. The molecular weight excluding hydrogens is 412 g/mol. The second kappa shape index (κ2) is 12.4. The fourth-order valence-corrected chi connectivity index (χ4v) is 3.80. The van der Waals surface area contributed by atoms with Gasteiger partial charge in [-0.25, -0.2) is 0 Å². The van der Waals surface area contributed by atoms with Crippen LogP contribution in [-0.4, -0.2) is 36.4 Å². The van der Waals surface area contributed by atoms with Crippen LogP contribution in [0.3, 0.4) is 0 Å². The van der Waals surface area contributed by atoms with Crippen molar-refractivity contribution in [3.05, 3.63) is 102 Å². The summed E-state index contributed by atoms with van der Waals surface area (Å²) in [4.78, 5) is 28.0. The molecule has 3 aromatic carbocycles. The van der Waals surface area contributed by atoms with E-state index < -0.39 is 6.04 Å². The number of rotatable bonds is 11. The van der Waals surface area contributed by atoms with E-state index in [4.69, 9.17) is 4.74 Å². The molecule has 0 saturated carbocycles. The lowest BCUT2D eigenvalue weighted by Crippen LogP contribution is -2.49. The smallest absolute Gasteiger partial charge is 0.242 e. The van der Waals surface area contributed by atoms with Crippen LogP contribution in [0.5, 0.6) is 5.75 Å². The molecule has 0 heterocycles. The Balaban J connectivity index is 1.75. The summed E-state index contributed by atoms with van der Waals surface area (Å²) in [5.41, 5.74) is 3.14. The molecule has 0 spiro atoms. The maximum Gasteiger partial charge on any atom is 0.242 e. The first-order valence-electron chi connectivity index (χ1n) is 11.3. The van der Waals surface area contributed by atoms with Gasteiger partial charge in [-0.05, 0) is 36.6 Å². The predicted molar refractivity (Wildman–Crippen MR) is 131 cm³/mol. The van der Waals surface area contributed by atoms with Crippen LogP contribution in [0.15, 0.2) is 84.9 Å². The lowest BCUT2D eigenvalue weighted by atomic mass is 10.0. The zero-order valence-electron chi connectivity index (χ0n) is 19.4. The first-order chi connectivity index (χ1) is 16.1. The quantitative estimate of drug-likeness (QED) is 0.442. The predicted octanol–water partition coefficient (Wildman–Crippen LogP) is 4.54. The molecule has 33 heavy (non-hydrogen) atoms. The van der Waals surface area contributed by atoms with E-state index in [0.29, 0.717) is 32.4 Å². The van der Waals surface area contributed by atoms with Gasteiger partial charge in [-0.3, -0.25) is 9.59 Å². The van der Waals surface area contributed by atoms with Gasteiger partial charge < -0.3 is 15.0 Å². The van der Waals surface area contributed by atoms with Crippen molar-refractivity contribution < 1.29 is 14.3 Å². The molecule has 2 amide bonds. The van der Waals surface area contributed by atoms with Crippen LogP contribution in [0.4, 0.5) is 0 Å². The Kier molecular flexibility index (Phi) is 9.07. The summed E-state index contributed by atoms with van der Waals surface area (Å²) in [7, 11) is 1.61. The monoisotopic (exact) mass is 444 g/mol. The summed E-state index contributed by atoms with van der Waals surface area (Å²) in [5.74, 6) is 0.562. The van der Waals surface area contributed by atoms with Crippen molar-refractivity contribution in [1.29, 1.82) is 0 Å². The SMILES string of the molecule is CNC(=O)[C@H](Cc1ccccc1)N(Cc1cccc(C)c1)C(=O)CCCOc1ccccc1. The van der Waals surface area contributed by atoms with E-state index >= 15 is 0 Å². The fraction of sp³-hybridized carbons (Fsp3) is 0.286. The third kappa shape index (κ3) is 7.49. The van der Waals surface area contributed by atoms with Crippen molar-refractivity contribution >= 4 is 11.8 Å². The van der Waals surface area contributed by atoms with Gasteiger partial charge in [-0.2, -0.15) is 0 Å². The van der Waals surface area contributed by atoms with Crippen LogP contribution < -0.4 is 10.1 Å². The van der Waals surface area contributed by atoms with Gasteiger partial charge in [-0.1, -0.05) is 78.4 Å². The number of likely N-dealkylation sites (N-methyl/N-ethyl adjacent to an activating group) is 1. The Morgan fingerprint density at radius 2 is 1.58 bits per heavy atom. The number of hydrogen-bond donors (Lipinski definition) is 1. The van der Waals surface area contributed by atoms with E-state index in [-0.39, 0.29) is 11.8 Å². The van der Waals surface area contributed by atoms with Gasteiger partial charge in [0, 0.05) is 26.4 Å². The molecule has 1 N–H and O–H groups in total. The molecule has 3 aromatic rings. The van der Waals surface area contributed by atoms with Crippen LogP contribution in [0, 0.1) is 6.92 Å². The third-order valence-electron chi connectivity index (χ3n) is 5.50. The summed E-state index contributed by atoms with van der Waals surface area (Å²) in [5, 5.41) is 2.75. The highest BCUT2D eigenvalue weighted by atomic mass is 16.5. The Morgan fingerprint density at radius 1 is 0.909 bits per heavy atom. The number of carbonyl (C=O) groups is 2. The summed E-state index contributed by atoms with van der Waals surface area (Å²) >= 11 is 0. The zero-order valence-corrected chi connectivity index (χ0v) is 19.4. The second-order valence-corrected chi connectivity index (χ2v) is 8.10. The van der Waals surface area contributed by atoms with Crippen LogP contribution in [0.25, 0.3) is 0 Å². The minimum Gasteiger partial charge on any atom is -0.494 e. The number of benzene rings is 3. The normalized spacial score (nSPS) is 11.5. The van der Waals surface area contributed by atoms with Crippen LogP contribution in [0.2, 0.25) is 0 Å². The van der Waals surface area contributed by atoms with Crippen molar-refractivity contribution in [3.63, 3.8) is 0 Å². The highest BCUT2D eigenvalue weighted by Gasteiger charge is 2.29. The molecule has 0 unspecified atom stereocenters. The minimum absolute atomic E-state index is 0.0577. The van der Waals surface area contributed by atoms with Crippen LogP contribution in [0.1, 0.15) is 29.5 Å². The van der Waals surface area contributed by atoms with Gasteiger partial charge in [0.1, 0.15) is 11.8 Å². The number of para-hydroxylation sites is 1. The van der Waals surface area contributed by atoms with Crippen LogP contribution >= 0.6 is 0 Å². The average Bonchev–Trinajstić information content (AvgIpc) is 2.84. The first kappa shape index (κ1) is 24.1. The second-order valence-electron chi connectivity index (χ2n) is 8.10. The van der Waals surface area contributed by atoms with E-state index in [1.807, 2.05) is 85.8 Å². The van der Waals surface area contributed by atoms with Crippen LogP contribution in [-0.2, 0) is 22.6 Å². The van der Waals surface area contributed by atoms with Crippen molar-refractivity contribution in [3.8, 4) is 5.75 Å². The molecule has 3 rings (SSSR count). The van der Waals surface area contributed by atoms with Crippen molar-refractivity contribution in [2.45, 2.75) is 38.8 Å². The molecule has 172 valence electrons. The molecule has 0 saturated heterocycles. The molecule has 0 aliphatic carbocycles. The maximum atomic E-state index is 13.4. The van der Waals surface area contributed by atoms with Gasteiger partial charge in [0.25, 0.3) is 0 Å². The van der Waals surface area contributed by atoms with Gasteiger partial charge in [0.05, 0.1) is 6.61 Å². The fourth-order valence-electron chi connectivity index (χ4n) is 3.80. The number of amides is 2. The van der Waals surface area contributed by atoms with E-state index in [1.165, 1.54) is 0 Å². The Labute approximate surface area is 196 Å². The highest BCUT2D eigenvalue weighted by Crippen LogP contribution is 2.17. The molecule has 0 fully saturated rings. The topological polar surface area (TPSA) is 58.6 Å². The maximum absolute atomic E-state index is 13.4. The number of ether oxygens (including phenoxy) is 1. The van der Waals surface area contributed by atoms with Gasteiger partial charge >= 0.3 is 0 Å². The molecule has 0 aliphatic rings. The van der Waals surface area contributed by atoms with E-state index in [2.05, 4.69) is 11.4 Å². The molecule has 5 heteroatoms.